The van der Waals surface area contributed by atoms with Gasteiger partial charge in [0.2, 0.25) is 0 Å². The third kappa shape index (κ3) is 14.2. The minimum atomic E-state index is 0.666. The van der Waals surface area contributed by atoms with Gasteiger partial charge in [0.1, 0.15) is 0 Å². The van der Waals surface area contributed by atoms with E-state index in [4.69, 9.17) is 25.8 Å². The summed E-state index contributed by atoms with van der Waals surface area (Å²) in [6.07, 6.45) is 4.31. The van der Waals surface area contributed by atoms with E-state index >= 15 is 0 Å². The fourth-order valence-corrected chi connectivity index (χ4v) is 1.27. The standard InChI is InChI=1S/C11H23ClO3/c1-13-10-11-15-9-5-8-14-7-4-2-3-6-12/h2-11H2,1H3. The average molecular weight is 239 g/mol. The molecule has 0 N–H and O–H groups in total. The molecule has 15 heavy (non-hydrogen) atoms. The van der Waals surface area contributed by atoms with Gasteiger partial charge in [0.05, 0.1) is 13.2 Å². The van der Waals surface area contributed by atoms with E-state index in [0.29, 0.717) is 13.2 Å². The molecular formula is C11H23ClO3. The van der Waals surface area contributed by atoms with Gasteiger partial charge in [0.25, 0.3) is 0 Å². The molecule has 0 atom stereocenters. The minimum absolute atomic E-state index is 0.666. The van der Waals surface area contributed by atoms with Crippen molar-refractivity contribution in [2.75, 3.05) is 46.0 Å². The van der Waals surface area contributed by atoms with Crippen LogP contribution in [-0.2, 0) is 14.2 Å². The topological polar surface area (TPSA) is 27.7 Å². The van der Waals surface area contributed by atoms with Crippen molar-refractivity contribution >= 4 is 11.6 Å². The van der Waals surface area contributed by atoms with Gasteiger partial charge in [-0.2, -0.15) is 0 Å². The van der Waals surface area contributed by atoms with Gasteiger partial charge in [-0.25, -0.2) is 0 Å². The van der Waals surface area contributed by atoms with Crippen LogP contribution in [0.1, 0.15) is 25.7 Å². The maximum atomic E-state index is 5.56. The summed E-state index contributed by atoms with van der Waals surface area (Å²) in [5.74, 6) is 0.757. The summed E-state index contributed by atoms with van der Waals surface area (Å²) in [5.41, 5.74) is 0. The summed E-state index contributed by atoms with van der Waals surface area (Å²) in [6, 6.07) is 0. The first-order chi connectivity index (χ1) is 7.41. The van der Waals surface area contributed by atoms with Crippen LogP contribution in [0.4, 0.5) is 0 Å². The van der Waals surface area contributed by atoms with E-state index in [1.54, 1.807) is 7.11 Å². The molecule has 0 aliphatic heterocycles. The molecule has 0 saturated heterocycles. The van der Waals surface area contributed by atoms with E-state index in [9.17, 15) is 0 Å². The van der Waals surface area contributed by atoms with E-state index in [1.807, 2.05) is 0 Å². The van der Waals surface area contributed by atoms with Gasteiger partial charge in [-0.15, -0.1) is 11.6 Å². The van der Waals surface area contributed by atoms with Crippen molar-refractivity contribution in [2.45, 2.75) is 25.7 Å². The minimum Gasteiger partial charge on any atom is -0.382 e. The second kappa shape index (κ2) is 14.2. The Morgan fingerprint density at radius 2 is 1.40 bits per heavy atom. The van der Waals surface area contributed by atoms with Crippen LogP contribution in [0, 0.1) is 0 Å². The lowest BCUT2D eigenvalue weighted by atomic mass is 10.3. The lowest BCUT2D eigenvalue weighted by Gasteiger charge is -2.05. The second-order valence-corrected chi connectivity index (χ2v) is 3.70. The van der Waals surface area contributed by atoms with E-state index in [2.05, 4.69) is 0 Å². The van der Waals surface area contributed by atoms with Crippen LogP contribution in [-0.4, -0.2) is 46.0 Å². The predicted molar refractivity (Wildman–Crippen MR) is 62.7 cm³/mol. The van der Waals surface area contributed by atoms with E-state index in [1.165, 1.54) is 0 Å². The SMILES string of the molecule is COCCOCCCOCCCCCCl. The number of hydrogen-bond donors (Lipinski definition) is 0. The Bertz CT molecular complexity index is 100. The molecule has 0 aromatic rings. The molecule has 92 valence electrons. The molecule has 0 aliphatic rings. The van der Waals surface area contributed by atoms with Gasteiger partial charge >= 0.3 is 0 Å². The highest BCUT2D eigenvalue weighted by molar-refractivity contribution is 6.17. The van der Waals surface area contributed by atoms with Crippen molar-refractivity contribution < 1.29 is 14.2 Å². The molecule has 0 radical (unpaired) electrons. The molecule has 0 aromatic heterocycles. The Hall–Kier alpha value is 0.170. The summed E-state index contributed by atoms with van der Waals surface area (Å²) in [5, 5.41) is 0. The molecule has 0 aliphatic carbocycles. The number of ether oxygens (including phenoxy) is 3. The number of methoxy groups -OCH3 is 1. The zero-order valence-electron chi connectivity index (χ0n) is 9.67. The largest absolute Gasteiger partial charge is 0.382 e. The highest BCUT2D eigenvalue weighted by Crippen LogP contribution is 1.97. The van der Waals surface area contributed by atoms with Crippen LogP contribution in [0.15, 0.2) is 0 Å². The average Bonchev–Trinajstić information content (AvgIpc) is 2.26. The third-order valence-electron chi connectivity index (χ3n) is 1.93. The monoisotopic (exact) mass is 238 g/mol. The van der Waals surface area contributed by atoms with E-state index in [0.717, 1.165) is 51.4 Å². The van der Waals surface area contributed by atoms with E-state index in [-0.39, 0.29) is 0 Å². The van der Waals surface area contributed by atoms with Gasteiger partial charge in [0, 0.05) is 32.8 Å². The summed E-state index contributed by atoms with van der Waals surface area (Å²) in [7, 11) is 1.67. The van der Waals surface area contributed by atoms with Crippen LogP contribution < -0.4 is 0 Å². The zero-order valence-corrected chi connectivity index (χ0v) is 10.4. The molecule has 0 heterocycles. The summed E-state index contributed by atoms with van der Waals surface area (Å²) < 4.78 is 15.6. The van der Waals surface area contributed by atoms with Crippen molar-refractivity contribution in [3.05, 3.63) is 0 Å². The zero-order chi connectivity index (χ0) is 11.2. The van der Waals surface area contributed by atoms with Gasteiger partial charge in [0.15, 0.2) is 0 Å². The Balaban J connectivity index is 2.81. The molecule has 0 aromatic carbocycles. The third-order valence-corrected chi connectivity index (χ3v) is 2.20. The number of halogens is 1. The van der Waals surface area contributed by atoms with Crippen molar-refractivity contribution in [1.29, 1.82) is 0 Å². The van der Waals surface area contributed by atoms with Gasteiger partial charge in [-0.05, 0) is 25.7 Å². The smallest absolute Gasteiger partial charge is 0.0700 e. The van der Waals surface area contributed by atoms with Crippen LogP contribution in [0.5, 0.6) is 0 Å². The van der Waals surface area contributed by atoms with Crippen molar-refractivity contribution in [1.82, 2.24) is 0 Å². The normalized spacial score (nSPS) is 10.8. The van der Waals surface area contributed by atoms with Crippen LogP contribution >= 0.6 is 11.6 Å². The molecule has 0 bridgehead atoms. The van der Waals surface area contributed by atoms with Crippen LogP contribution in [0.3, 0.4) is 0 Å². The van der Waals surface area contributed by atoms with Gasteiger partial charge < -0.3 is 14.2 Å². The van der Waals surface area contributed by atoms with Gasteiger partial charge in [-0.1, -0.05) is 0 Å². The molecule has 4 heteroatoms. The summed E-state index contributed by atoms with van der Waals surface area (Å²) >= 11 is 5.56. The fraction of sp³-hybridized carbons (Fsp3) is 1.00. The Morgan fingerprint density at radius 3 is 2.07 bits per heavy atom. The Morgan fingerprint density at radius 1 is 0.733 bits per heavy atom. The first-order valence-corrected chi connectivity index (χ1v) is 6.15. The molecular weight excluding hydrogens is 216 g/mol. The fourth-order valence-electron chi connectivity index (χ4n) is 1.08. The molecule has 0 amide bonds. The quantitative estimate of drug-likeness (QED) is 0.386. The number of unbranched alkanes of at least 4 members (excludes halogenated alkanes) is 2. The summed E-state index contributed by atoms with van der Waals surface area (Å²) in [4.78, 5) is 0. The lowest BCUT2D eigenvalue weighted by Crippen LogP contribution is -2.06. The number of rotatable bonds is 12. The second-order valence-electron chi connectivity index (χ2n) is 3.32. The van der Waals surface area contributed by atoms with Crippen molar-refractivity contribution in [3.8, 4) is 0 Å². The van der Waals surface area contributed by atoms with Gasteiger partial charge in [-0.3, -0.25) is 0 Å². The number of hydrogen-bond acceptors (Lipinski definition) is 3. The maximum absolute atomic E-state index is 5.56. The first-order valence-electron chi connectivity index (χ1n) is 5.62. The van der Waals surface area contributed by atoms with Crippen LogP contribution in [0.2, 0.25) is 0 Å². The highest BCUT2D eigenvalue weighted by Gasteiger charge is 1.91. The van der Waals surface area contributed by atoms with Crippen LogP contribution in [0.25, 0.3) is 0 Å². The first kappa shape index (κ1) is 15.2. The predicted octanol–water partition coefficient (Wildman–Crippen LogP) is 2.47. The maximum Gasteiger partial charge on any atom is 0.0700 e. The molecule has 0 unspecified atom stereocenters. The molecule has 0 rings (SSSR count). The Labute approximate surface area is 98.0 Å². The summed E-state index contributed by atoms with van der Waals surface area (Å²) in [6.45, 7) is 3.72. The Kier molecular flexibility index (Phi) is 14.3. The van der Waals surface area contributed by atoms with Crippen molar-refractivity contribution in [2.24, 2.45) is 0 Å². The molecule has 3 nitrogen and oxygen atoms in total. The van der Waals surface area contributed by atoms with Crippen molar-refractivity contribution in [3.63, 3.8) is 0 Å². The number of alkyl halides is 1. The van der Waals surface area contributed by atoms with E-state index < -0.39 is 0 Å². The molecule has 0 saturated carbocycles. The lowest BCUT2D eigenvalue weighted by molar-refractivity contribution is 0.0509. The molecule has 0 spiro atoms. The highest BCUT2D eigenvalue weighted by atomic mass is 35.5. The molecule has 0 fully saturated rings.